The molecular weight excluding hydrogens is 326 g/mol. The first kappa shape index (κ1) is 15.5. The van der Waals surface area contributed by atoms with E-state index in [4.69, 9.17) is 11.0 Å². The summed E-state index contributed by atoms with van der Waals surface area (Å²) in [4.78, 5) is 20.0. The average molecular weight is 339 g/mol. The quantitative estimate of drug-likeness (QED) is 0.620. The van der Waals surface area contributed by atoms with Crippen LogP contribution in [-0.4, -0.2) is 20.3 Å². The molecule has 2 heterocycles. The minimum atomic E-state index is -0.460. The van der Waals surface area contributed by atoms with Gasteiger partial charge in [0, 0.05) is 22.9 Å². The molecule has 0 saturated heterocycles. The number of primary amides is 1. The fourth-order valence-corrected chi connectivity index (χ4v) is 2.77. The number of amides is 1. The lowest BCUT2D eigenvalue weighted by molar-refractivity contribution is 0.100. The third-order valence-corrected chi connectivity index (χ3v) is 4.17. The number of nitrogens with two attached hydrogens (primary N) is 1. The first-order valence-corrected chi connectivity index (χ1v) is 7.89. The maximum absolute atomic E-state index is 11.2. The highest BCUT2D eigenvalue weighted by molar-refractivity contribution is 5.93. The number of benzene rings is 2. The van der Waals surface area contributed by atoms with Gasteiger partial charge in [0.25, 0.3) is 0 Å². The van der Waals surface area contributed by atoms with Crippen molar-refractivity contribution in [1.29, 1.82) is 5.26 Å². The van der Waals surface area contributed by atoms with Crippen molar-refractivity contribution in [2.24, 2.45) is 5.73 Å². The topological polar surface area (TPSA) is 97.1 Å². The van der Waals surface area contributed by atoms with Gasteiger partial charge in [0.05, 0.1) is 35.4 Å². The number of nitriles is 1. The summed E-state index contributed by atoms with van der Waals surface area (Å²) in [5.74, 6) is -0.460. The predicted molar refractivity (Wildman–Crippen MR) is 97.1 cm³/mol. The lowest BCUT2D eigenvalue weighted by Gasteiger charge is -2.06. The van der Waals surface area contributed by atoms with Crippen LogP contribution in [0, 0.1) is 11.3 Å². The van der Waals surface area contributed by atoms with Crippen LogP contribution in [0.4, 0.5) is 0 Å². The molecule has 4 rings (SSSR count). The summed E-state index contributed by atoms with van der Waals surface area (Å²) < 4.78 is 1.95. The van der Waals surface area contributed by atoms with Gasteiger partial charge in [-0.2, -0.15) is 5.26 Å². The van der Waals surface area contributed by atoms with Crippen LogP contribution in [0.15, 0.2) is 67.1 Å². The van der Waals surface area contributed by atoms with Crippen LogP contribution in [0.2, 0.25) is 0 Å². The third-order valence-electron chi connectivity index (χ3n) is 4.17. The summed E-state index contributed by atoms with van der Waals surface area (Å²) in [6.45, 7) is 0. The highest BCUT2D eigenvalue weighted by Crippen LogP contribution is 2.24. The molecule has 2 aromatic heterocycles. The Morgan fingerprint density at radius 2 is 1.65 bits per heavy atom. The number of carbonyl (C=O) groups excluding carboxylic acids is 1. The van der Waals surface area contributed by atoms with Crippen LogP contribution < -0.4 is 5.73 Å². The van der Waals surface area contributed by atoms with Gasteiger partial charge in [0.15, 0.2) is 5.65 Å². The summed E-state index contributed by atoms with van der Waals surface area (Å²) in [6.07, 6.45) is 5.37. The Kier molecular flexibility index (Phi) is 3.67. The molecule has 0 bridgehead atoms. The highest BCUT2D eigenvalue weighted by atomic mass is 16.1. The normalized spacial score (nSPS) is 10.6. The summed E-state index contributed by atoms with van der Waals surface area (Å²) in [5, 5.41) is 8.94. The van der Waals surface area contributed by atoms with E-state index in [1.165, 1.54) is 0 Å². The minimum Gasteiger partial charge on any atom is -0.366 e. The molecule has 0 aliphatic heterocycles. The summed E-state index contributed by atoms with van der Waals surface area (Å²) in [7, 11) is 0. The van der Waals surface area contributed by atoms with E-state index in [2.05, 4.69) is 16.0 Å². The van der Waals surface area contributed by atoms with Gasteiger partial charge in [0.1, 0.15) is 0 Å². The van der Waals surface area contributed by atoms with Crippen molar-refractivity contribution in [3.63, 3.8) is 0 Å². The van der Waals surface area contributed by atoms with Gasteiger partial charge in [-0.3, -0.25) is 14.2 Å². The number of rotatable bonds is 3. The summed E-state index contributed by atoms with van der Waals surface area (Å²) in [5.41, 5.74) is 10.6. The zero-order chi connectivity index (χ0) is 18.1. The molecule has 0 fully saturated rings. The van der Waals surface area contributed by atoms with Gasteiger partial charge in [-0.25, -0.2) is 4.98 Å². The summed E-state index contributed by atoms with van der Waals surface area (Å²) >= 11 is 0. The van der Waals surface area contributed by atoms with E-state index < -0.39 is 5.91 Å². The molecular formula is C20H13N5O. The Labute approximate surface area is 149 Å². The molecule has 0 radical (unpaired) electrons. The molecule has 0 atom stereocenters. The number of hydrogen-bond acceptors (Lipinski definition) is 4. The van der Waals surface area contributed by atoms with Gasteiger partial charge in [-0.1, -0.05) is 24.3 Å². The summed E-state index contributed by atoms with van der Waals surface area (Å²) in [6, 6.07) is 16.4. The first-order chi connectivity index (χ1) is 12.7. The van der Waals surface area contributed by atoms with Gasteiger partial charge in [-0.15, -0.1) is 0 Å². The van der Waals surface area contributed by atoms with Crippen LogP contribution in [0.1, 0.15) is 15.9 Å². The molecule has 0 spiro atoms. The van der Waals surface area contributed by atoms with Crippen molar-refractivity contribution >= 4 is 11.6 Å². The smallest absolute Gasteiger partial charge is 0.248 e. The van der Waals surface area contributed by atoms with Crippen LogP contribution in [-0.2, 0) is 0 Å². The van der Waals surface area contributed by atoms with Gasteiger partial charge in [-0.05, 0) is 24.3 Å². The molecule has 0 unspecified atom stereocenters. The van der Waals surface area contributed by atoms with Gasteiger partial charge < -0.3 is 5.73 Å². The van der Waals surface area contributed by atoms with Crippen molar-refractivity contribution < 1.29 is 4.79 Å². The molecule has 6 heteroatoms. The average Bonchev–Trinajstić information content (AvgIpc) is 3.11. The van der Waals surface area contributed by atoms with E-state index in [0.29, 0.717) is 11.1 Å². The number of hydrogen-bond donors (Lipinski definition) is 1. The number of nitrogens with zero attached hydrogens (tertiary/aromatic N) is 4. The largest absolute Gasteiger partial charge is 0.366 e. The Hall–Kier alpha value is -3.98. The molecule has 26 heavy (non-hydrogen) atoms. The Morgan fingerprint density at radius 3 is 2.31 bits per heavy atom. The predicted octanol–water partition coefficient (Wildman–Crippen LogP) is 3.03. The monoisotopic (exact) mass is 339 g/mol. The van der Waals surface area contributed by atoms with Crippen molar-refractivity contribution in [2.45, 2.75) is 0 Å². The Morgan fingerprint density at radius 1 is 0.962 bits per heavy atom. The molecule has 124 valence electrons. The van der Waals surface area contributed by atoms with Gasteiger partial charge >= 0.3 is 0 Å². The molecule has 0 aliphatic carbocycles. The molecule has 0 aliphatic rings. The zero-order valence-corrected chi connectivity index (χ0v) is 13.6. The van der Waals surface area contributed by atoms with Crippen LogP contribution in [0.25, 0.3) is 28.2 Å². The maximum atomic E-state index is 11.2. The lowest BCUT2D eigenvalue weighted by atomic mass is 10.1. The maximum Gasteiger partial charge on any atom is 0.248 e. The SMILES string of the molecule is N#Cc1ccc(-c2cnc3cnc(-c4ccc(C(N)=O)cc4)cn23)cc1. The second kappa shape index (κ2) is 6.15. The fourth-order valence-electron chi connectivity index (χ4n) is 2.77. The molecule has 6 nitrogen and oxygen atoms in total. The number of imidazole rings is 1. The number of aromatic nitrogens is 3. The van der Waals surface area contributed by atoms with E-state index in [9.17, 15) is 4.79 Å². The van der Waals surface area contributed by atoms with Crippen LogP contribution >= 0.6 is 0 Å². The molecule has 4 aromatic rings. The zero-order valence-electron chi connectivity index (χ0n) is 13.6. The minimum absolute atomic E-state index is 0.454. The molecule has 0 saturated carbocycles. The Bertz CT molecular complexity index is 1150. The van der Waals surface area contributed by atoms with Crippen molar-refractivity contribution in [2.75, 3.05) is 0 Å². The number of carbonyl (C=O) groups is 1. The van der Waals surface area contributed by atoms with Crippen LogP contribution in [0.3, 0.4) is 0 Å². The van der Waals surface area contributed by atoms with Crippen molar-refractivity contribution in [3.05, 3.63) is 78.2 Å². The van der Waals surface area contributed by atoms with E-state index in [1.54, 1.807) is 36.7 Å². The van der Waals surface area contributed by atoms with Crippen molar-refractivity contribution in [3.8, 4) is 28.6 Å². The standard InChI is InChI=1S/C20H13N5O/c21-9-13-1-3-15(4-2-13)18-10-24-19-11-23-17(12-25(18)19)14-5-7-16(8-6-14)20(22)26/h1-8,10-12H,(H2,22,26). The number of fused-ring (bicyclic) bond motifs is 1. The van der Waals surface area contributed by atoms with E-state index >= 15 is 0 Å². The lowest BCUT2D eigenvalue weighted by Crippen LogP contribution is -2.10. The first-order valence-electron chi connectivity index (χ1n) is 7.89. The second-order valence-corrected chi connectivity index (χ2v) is 5.77. The third kappa shape index (κ3) is 2.68. The molecule has 1 amide bonds. The van der Waals surface area contributed by atoms with Gasteiger partial charge in [0.2, 0.25) is 5.91 Å². The second-order valence-electron chi connectivity index (χ2n) is 5.77. The molecule has 2 aromatic carbocycles. The van der Waals surface area contributed by atoms with E-state index in [1.807, 2.05) is 34.9 Å². The Balaban J connectivity index is 1.79. The van der Waals surface area contributed by atoms with Crippen LogP contribution in [0.5, 0.6) is 0 Å². The van der Waals surface area contributed by atoms with E-state index in [-0.39, 0.29) is 0 Å². The molecule has 2 N–H and O–H groups in total. The van der Waals surface area contributed by atoms with E-state index in [0.717, 1.165) is 28.2 Å². The highest BCUT2D eigenvalue weighted by Gasteiger charge is 2.09. The fraction of sp³-hybridized carbons (Fsp3) is 0. The van der Waals surface area contributed by atoms with Crippen molar-refractivity contribution in [1.82, 2.24) is 14.4 Å².